The highest BCUT2D eigenvalue weighted by Crippen LogP contribution is 2.16. The van der Waals surface area contributed by atoms with Crippen molar-refractivity contribution in [3.8, 4) is 0 Å². The van der Waals surface area contributed by atoms with Gasteiger partial charge in [0, 0.05) is 40.8 Å². The van der Waals surface area contributed by atoms with Crippen molar-refractivity contribution in [3.63, 3.8) is 0 Å². The average Bonchev–Trinajstić information content (AvgIpc) is 3.15. The fraction of sp³-hybridized carbons (Fsp3) is 0.514. The van der Waals surface area contributed by atoms with Crippen molar-refractivity contribution in [1.29, 1.82) is 0 Å². The van der Waals surface area contributed by atoms with Crippen LogP contribution in [0.25, 0.3) is 0 Å². The number of amides is 6. The molecule has 0 bridgehead atoms. The number of carbonyl (C=O) groups excluding carboxylic acids is 6. The molecule has 0 aliphatic rings. The van der Waals surface area contributed by atoms with E-state index in [2.05, 4.69) is 26.6 Å². The van der Waals surface area contributed by atoms with Gasteiger partial charge < -0.3 is 53.3 Å². The Morgan fingerprint density at radius 3 is 1.50 bits per heavy atom. The van der Waals surface area contributed by atoms with E-state index >= 15 is 0 Å². The number of hydrogen-bond donors (Lipinski definition) is 8. The zero-order valence-corrected chi connectivity index (χ0v) is 33.8. The normalized spacial score (nSPS) is 12.7. The minimum Gasteiger partial charge on any atom is -0.445 e. The summed E-state index contributed by atoms with van der Waals surface area (Å²) in [6.45, 7) is 2.45. The molecule has 0 aromatic heterocycles. The third kappa shape index (κ3) is 20.5. The number of carbonyl (C=O) groups is 6. The summed E-state index contributed by atoms with van der Waals surface area (Å²) in [6, 6.07) is 10.5. The van der Waals surface area contributed by atoms with Gasteiger partial charge in [0.2, 0.25) is 23.6 Å². The predicted molar refractivity (Wildman–Crippen MR) is 216 cm³/mol. The van der Waals surface area contributed by atoms with Crippen LogP contribution in [0.2, 0.25) is 10.0 Å². The van der Waals surface area contributed by atoms with Gasteiger partial charge in [-0.25, -0.2) is 9.59 Å². The Labute approximate surface area is 343 Å². The highest BCUT2D eigenvalue weighted by atomic mass is 35.5. The molecule has 4 atom stereocenters. The SMILES string of the molecule is CC(NC(=O)C(CCCCNC(=O)C(N)CCCCNC(=O)OCc1ccccc1Cl)NC(=O)C(N)CCCCNC(=O)OCc1ccccc1Cl)C(N)=O.Cl. The van der Waals surface area contributed by atoms with Gasteiger partial charge in [0.05, 0.1) is 12.1 Å². The molecule has 0 heterocycles. The summed E-state index contributed by atoms with van der Waals surface area (Å²) in [7, 11) is 0. The first-order valence-corrected chi connectivity index (χ1v) is 19.0. The minimum absolute atomic E-state index is 0. The second-order valence-electron chi connectivity index (χ2n) is 12.9. The van der Waals surface area contributed by atoms with Crippen LogP contribution in [0.5, 0.6) is 0 Å². The number of alkyl carbamates (subject to hydrolysis) is 2. The number of nitrogens with one attached hydrogen (secondary N) is 5. The summed E-state index contributed by atoms with van der Waals surface area (Å²) in [5, 5.41) is 14.2. The van der Waals surface area contributed by atoms with Crippen molar-refractivity contribution in [3.05, 3.63) is 69.7 Å². The Bertz CT molecular complexity index is 1560. The number of primary amides is 1. The monoisotopic (exact) mass is 844 g/mol. The molecule has 0 aliphatic heterocycles. The number of halogens is 3. The Balaban J connectivity index is 0.0000157. The molecule has 4 unspecified atom stereocenters. The zero-order valence-electron chi connectivity index (χ0n) is 31.5. The lowest BCUT2D eigenvalue weighted by Crippen LogP contribution is -2.54. The number of nitrogens with two attached hydrogens (primary N) is 3. The topological polar surface area (TPSA) is 259 Å². The van der Waals surface area contributed by atoms with E-state index < -0.39 is 54.1 Å². The fourth-order valence-corrected chi connectivity index (χ4v) is 5.37. The highest BCUT2D eigenvalue weighted by Gasteiger charge is 2.25. The van der Waals surface area contributed by atoms with Crippen molar-refractivity contribution >= 4 is 71.4 Å². The third-order valence-corrected chi connectivity index (χ3v) is 9.10. The molecule has 0 spiro atoms. The van der Waals surface area contributed by atoms with E-state index in [0.29, 0.717) is 79.2 Å². The first-order valence-electron chi connectivity index (χ1n) is 18.3. The molecule has 6 amide bonds. The molecule has 0 aliphatic carbocycles. The highest BCUT2D eigenvalue weighted by molar-refractivity contribution is 6.31. The molecule has 0 saturated heterocycles. The summed E-state index contributed by atoms with van der Waals surface area (Å²) >= 11 is 12.1. The largest absolute Gasteiger partial charge is 0.445 e. The second kappa shape index (κ2) is 28.1. The first kappa shape index (κ1) is 49.7. The molecule has 2 rings (SSSR count). The first-order chi connectivity index (χ1) is 26.3. The number of unbranched alkanes of at least 4 members (excludes halogenated alkanes) is 3. The molecule has 16 nitrogen and oxygen atoms in total. The van der Waals surface area contributed by atoms with Gasteiger partial charge in [-0.05, 0) is 76.8 Å². The van der Waals surface area contributed by atoms with Crippen LogP contribution in [0, 0.1) is 0 Å². The maximum absolute atomic E-state index is 12.9. The van der Waals surface area contributed by atoms with E-state index in [1.54, 1.807) is 48.5 Å². The summed E-state index contributed by atoms with van der Waals surface area (Å²) in [6.07, 6.45) is 2.85. The van der Waals surface area contributed by atoms with Gasteiger partial charge in [-0.3, -0.25) is 19.2 Å². The van der Waals surface area contributed by atoms with Gasteiger partial charge in [-0.2, -0.15) is 0 Å². The number of ether oxygens (including phenoxy) is 2. The maximum Gasteiger partial charge on any atom is 0.407 e. The molecule has 2 aromatic rings. The van der Waals surface area contributed by atoms with Crippen LogP contribution >= 0.6 is 35.6 Å². The lowest BCUT2D eigenvalue weighted by molar-refractivity contribution is -0.131. The van der Waals surface area contributed by atoms with Crippen LogP contribution < -0.4 is 43.8 Å². The van der Waals surface area contributed by atoms with Crippen LogP contribution in [-0.4, -0.2) is 79.6 Å². The Morgan fingerprint density at radius 1 is 0.607 bits per heavy atom. The molecule has 312 valence electrons. The Morgan fingerprint density at radius 2 is 1.04 bits per heavy atom. The van der Waals surface area contributed by atoms with E-state index in [9.17, 15) is 28.8 Å². The van der Waals surface area contributed by atoms with Gasteiger partial charge in [0.1, 0.15) is 25.3 Å². The molecule has 0 saturated carbocycles. The molecular formula is C37H55Cl3N8O8. The van der Waals surface area contributed by atoms with Crippen molar-refractivity contribution < 1.29 is 38.2 Å². The van der Waals surface area contributed by atoms with Crippen molar-refractivity contribution in [2.75, 3.05) is 19.6 Å². The fourth-order valence-electron chi connectivity index (χ4n) is 4.99. The van der Waals surface area contributed by atoms with Gasteiger partial charge in [0.15, 0.2) is 0 Å². The molecule has 19 heteroatoms. The van der Waals surface area contributed by atoms with Gasteiger partial charge in [0.25, 0.3) is 0 Å². The smallest absolute Gasteiger partial charge is 0.407 e. The summed E-state index contributed by atoms with van der Waals surface area (Å²) in [5.41, 5.74) is 18.8. The molecule has 0 radical (unpaired) electrons. The van der Waals surface area contributed by atoms with Crippen molar-refractivity contribution in [2.24, 2.45) is 17.2 Å². The van der Waals surface area contributed by atoms with Gasteiger partial charge in [-0.15, -0.1) is 12.4 Å². The Kier molecular flexibility index (Phi) is 24.9. The Hall–Kier alpha value is -4.35. The van der Waals surface area contributed by atoms with Crippen LogP contribution in [0.4, 0.5) is 9.59 Å². The standard InChI is InChI=1S/C37H54Cl2N8O8.ClH/c1-24(32(42)48)46-35(51)31(47-34(50)30(41)17-7-10-21-45-37(53)55-23-26-13-3-5-15-28(26)39)18-8-11-19-43-33(49)29(40)16-6-9-20-44-36(52)54-22-25-12-2-4-14-27(25)38;/h2-5,12-15,24,29-31H,6-11,16-23,40-41H2,1H3,(H2,42,48)(H,43,49)(H,44,52)(H,45,53)(H,46,51)(H,47,50);1H. The van der Waals surface area contributed by atoms with Crippen molar-refractivity contribution in [2.45, 2.75) is 102 Å². The quantitative estimate of drug-likeness (QED) is 0.0677. The van der Waals surface area contributed by atoms with E-state index in [1.165, 1.54) is 6.92 Å². The van der Waals surface area contributed by atoms with Crippen LogP contribution in [0.15, 0.2) is 48.5 Å². The van der Waals surface area contributed by atoms with E-state index in [-0.39, 0.29) is 50.9 Å². The second-order valence-corrected chi connectivity index (χ2v) is 13.7. The van der Waals surface area contributed by atoms with Crippen LogP contribution in [0.1, 0.15) is 75.8 Å². The molecule has 11 N–H and O–H groups in total. The number of hydrogen-bond acceptors (Lipinski definition) is 10. The zero-order chi connectivity index (χ0) is 40.6. The lowest BCUT2D eigenvalue weighted by Gasteiger charge is -2.22. The number of benzene rings is 2. The van der Waals surface area contributed by atoms with E-state index in [4.69, 9.17) is 49.9 Å². The molecule has 0 fully saturated rings. The van der Waals surface area contributed by atoms with Crippen molar-refractivity contribution in [1.82, 2.24) is 26.6 Å². The molecular weight excluding hydrogens is 791 g/mol. The van der Waals surface area contributed by atoms with Gasteiger partial charge >= 0.3 is 12.2 Å². The number of rotatable bonds is 25. The minimum atomic E-state index is -1.00. The molecule has 2 aromatic carbocycles. The van der Waals surface area contributed by atoms with Crippen LogP contribution in [-0.2, 0) is 41.9 Å². The van der Waals surface area contributed by atoms with Crippen LogP contribution in [0.3, 0.4) is 0 Å². The average molecular weight is 846 g/mol. The van der Waals surface area contributed by atoms with E-state index in [1.807, 2.05) is 0 Å². The molecule has 56 heavy (non-hydrogen) atoms. The summed E-state index contributed by atoms with van der Waals surface area (Å²) < 4.78 is 10.3. The summed E-state index contributed by atoms with van der Waals surface area (Å²) in [5.74, 6) is -2.22. The third-order valence-electron chi connectivity index (χ3n) is 8.37. The maximum atomic E-state index is 12.9. The summed E-state index contributed by atoms with van der Waals surface area (Å²) in [4.78, 5) is 73.7. The van der Waals surface area contributed by atoms with Gasteiger partial charge in [-0.1, -0.05) is 59.6 Å². The lowest BCUT2D eigenvalue weighted by atomic mass is 10.1. The van der Waals surface area contributed by atoms with E-state index in [0.717, 1.165) is 0 Å². The predicted octanol–water partition coefficient (Wildman–Crippen LogP) is 3.32.